The Kier molecular flexibility index (Phi) is 4.95. The van der Waals surface area contributed by atoms with E-state index in [9.17, 15) is 9.59 Å². The van der Waals surface area contributed by atoms with Crippen LogP contribution in [0.4, 0.5) is 5.69 Å². The summed E-state index contributed by atoms with van der Waals surface area (Å²) in [6, 6.07) is 14.3. The van der Waals surface area contributed by atoms with Crippen molar-refractivity contribution in [2.75, 3.05) is 11.9 Å². The van der Waals surface area contributed by atoms with Crippen LogP contribution in [0.2, 0.25) is 5.02 Å². The van der Waals surface area contributed by atoms with Gasteiger partial charge in [0.1, 0.15) is 6.54 Å². The van der Waals surface area contributed by atoms with Gasteiger partial charge in [0, 0.05) is 12.0 Å². The van der Waals surface area contributed by atoms with Crippen LogP contribution in [0.25, 0.3) is 0 Å². The van der Waals surface area contributed by atoms with Crippen LogP contribution < -0.4 is 5.32 Å². The first-order chi connectivity index (χ1) is 10.1. The third-order valence-corrected chi connectivity index (χ3v) is 3.34. The van der Waals surface area contributed by atoms with Crippen LogP contribution in [0, 0.1) is 0 Å². The number of rotatable bonds is 6. The van der Waals surface area contributed by atoms with E-state index in [0.717, 1.165) is 5.56 Å². The van der Waals surface area contributed by atoms with Crippen molar-refractivity contribution in [3.8, 4) is 0 Å². The van der Waals surface area contributed by atoms with Gasteiger partial charge in [0.2, 0.25) is 0 Å². The number of carboxylic acid groups (broad SMARTS) is 1. The highest BCUT2D eigenvalue weighted by molar-refractivity contribution is 6.36. The summed E-state index contributed by atoms with van der Waals surface area (Å²) >= 11 is 6.18. The number of carbonyl (C=O) groups excluding carboxylic acids is 1. The molecule has 0 saturated carbocycles. The zero-order valence-corrected chi connectivity index (χ0v) is 11.9. The molecule has 0 radical (unpaired) electrons. The van der Waals surface area contributed by atoms with Crippen molar-refractivity contribution >= 4 is 29.0 Å². The lowest BCUT2D eigenvalue weighted by Gasteiger charge is -2.10. The molecular formula is C16H14ClNO3. The van der Waals surface area contributed by atoms with Crippen LogP contribution in [0.5, 0.6) is 0 Å². The van der Waals surface area contributed by atoms with Gasteiger partial charge in [0.05, 0.1) is 10.7 Å². The molecule has 0 aromatic heterocycles. The van der Waals surface area contributed by atoms with E-state index in [1.54, 1.807) is 18.2 Å². The fraction of sp³-hybridized carbons (Fsp3) is 0.125. The largest absolute Gasteiger partial charge is 0.480 e. The fourth-order valence-corrected chi connectivity index (χ4v) is 2.23. The summed E-state index contributed by atoms with van der Waals surface area (Å²) in [4.78, 5) is 22.9. The second-order valence-electron chi connectivity index (χ2n) is 4.50. The summed E-state index contributed by atoms with van der Waals surface area (Å²) in [7, 11) is 0. The molecule has 0 saturated heterocycles. The molecule has 0 atom stereocenters. The molecular weight excluding hydrogens is 290 g/mol. The van der Waals surface area contributed by atoms with Gasteiger partial charge in [-0.15, -0.1) is 0 Å². The van der Waals surface area contributed by atoms with E-state index >= 15 is 0 Å². The molecule has 2 aromatic rings. The summed E-state index contributed by atoms with van der Waals surface area (Å²) in [6.45, 7) is -0.254. The van der Waals surface area contributed by atoms with E-state index in [2.05, 4.69) is 5.32 Å². The third-order valence-electron chi connectivity index (χ3n) is 2.94. The number of Topliss-reactive ketones (excluding diaryl/α,β-unsaturated/α-hetero) is 1. The molecule has 2 rings (SSSR count). The first kappa shape index (κ1) is 15.1. The Labute approximate surface area is 127 Å². The molecule has 0 aliphatic carbocycles. The Hall–Kier alpha value is -2.33. The minimum absolute atomic E-state index is 0.106. The molecule has 108 valence electrons. The quantitative estimate of drug-likeness (QED) is 0.804. The minimum atomic E-state index is -0.993. The fourth-order valence-electron chi connectivity index (χ4n) is 1.93. The number of benzene rings is 2. The summed E-state index contributed by atoms with van der Waals surface area (Å²) < 4.78 is 0. The van der Waals surface area contributed by atoms with Crippen molar-refractivity contribution in [2.24, 2.45) is 0 Å². The summed E-state index contributed by atoms with van der Waals surface area (Å²) in [6.07, 6.45) is 0.253. The normalized spacial score (nSPS) is 10.1. The highest BCUT2D eigenvalue weighted by Gasteiger charge is 2.14. The lowest BCUT2D eigenvalue weighted by molar-refractivity contribution is -0.134. The van der Waals surface area contributed by atoms with Crippen LogP contribution in [0.3, 0.4) is 0 Å². The number of nitrogens with one attached hydrogen (secondary N) is 1. The molecule has 4 nitrogen and oxygen atoms in total. The van der Waals surface area contributed by atoms with Crippen molar-refractivity contribution in [1.82, 2.24) is 0 Å². The number of halogens is 1. The predicted octanol–water partition coefficient (Wildman–Crippen LogP) is 3.26. The molecule has 5 heteroatoms. The Morgan fingerprint density at radius 3 is 2.43 bits per heavy atom. The molecule has 0 heterocycles. The zero-order valence-electron chi connectivity index (χ0n) is 11.2. The molecule has 0 aliphatic heterocycles. The molecule has 0 fully saturated rings. The lowest BCUT2D eigenvalue weighted by Crippen LogP contribution is -2.13. The van der Waals surface area contributed by atoms with Crippen molar-refractivity contribution in [3.63, 3.8) is 0 Å². The molecule has 2 aromatic carbocycles. The molecule has 21 heavy (non-hydrogen) atoms. The third kappa shape index (κ3) is 4.07. The maximum Gasteiger partial charge on any atom is 0.322 e. The second-order valence-corrected chi connectivity index (χ2v) is 4.88. The summed E-state index contributed by atoms with van der Waals surface area (Å²) in [5, 5.41) is 11.6. The number of aliphatic carboxylic acids is 1. The van der Waals surface area contributed by atoms with Crippen LogP contribution in [0.1, 0.15) is 15.9 Å². The highest BCUT2D eigenvalue weighted by atomic mass is 35.5. The Balaban J connectivity index is 2.17. The minimum Gasteiger partial charge on any atom is -0.480 e. The Bertz CT molecular complexity index is 656. The predicted molar refractivity (Wildman–Crippen MR) is 82.1 cm³/mol. The first-order valence-corrected chi connectivity index (χ1v) is 6.77. The van der Waals surface area contributed by atoms with Crippen LogP contribution in [-0.4, -0.2) is 23.4 Å². The van der Waals surface area contributed by atoms with Crippen molar-refractivity contribution < 1.29 is 14.7 Å². The van der Waals surface area contributed by atoms with E-state index in [0.29, 0.717) is 11.3 Å². The van der Waals surface area contributed by atoms with Gasteiger partial charge >= 0.3 is 5.97 Å². The van der Waals surface area contributed by atoms with Crippen molar-refractivity contribution in [3.05, 3.63) is 64.7 Å². The molecule has 0 aliphatic rings. The Morgan fingerprint density at radius 1 is 1.05 bits per heavy atom. The van der Waals surface area contributed by atoms with Gasteiger partial charge in [-0.1, -0.05) is 48.0 Å². The highest BCUT2D eigenvalue weighted by Crippen LogP contribution is 2.26. The van der Waals surface area contributed by atoms with Gasteiger partial charge in [0.25, 0.3) is 0 Å². The van der Waals surface area contributed by atoms with E-state index in [1.807, 2.05) is 30.3 Å². The topological polar surface area (TPSA) is 66.4 Å². The number of hydrogen-bond donors (Lipinski definition) is 2. The van der Waals surface area contributed by atoms with E-state index in [-0.39, 0.29) is 23.8 Å². The number of hydrogen-bond acceptors (Lipinski definition) is 3. The second kappa shape index (κ2) is 6.90. The van der Waals surface area contributed by atoms with Gasteiger partial charge in [-0.3, -0.25) is 9.59 Å². The monoisotopic (exact) mass is 303 g/mol. The number of ketones is 1. The maximum absolute atomic E-state index is 12.3. The standard InChI is InChI=1S/C16H14ClNO3/c17-16-12(7-4-8-13(16)18-10-15(20)21)14(19)9-11-5-2-1-3-6-11/h1-8,18H,9-10H2,(H,20,21). The van der Waals surface area contributed by atoms with Gasteiger partial charge < -0.3 is 10.4 Å². The molecule has 0 unspecified atom stereocenters. The van der Waals surface area contributed by atoms with Crippen LogP contribution >= 0.6 is 11.6 Å². The smallest absolute Gasteiger partial charge is 0.322 e. The molecule has 2 N–H and O–H groups in total. The number of anilines is 1. The summed E-state index contributed by atoms with van der Waals surface area (Å²) in [5.74, 6) is -1.10. The molecule has 0 bridgehead atoms. The van der Waals surface area contributed by atoms with Gasteiger partial charge in [-0.05, 0) is 17.7 Å². The van der Waals surface area contributed by atoms with Crippen molar-refractivity contribution in [2.45, 2.75) is 6.42 Å². The number of carboxylic acids is 1. The van der Waals surface area contributed by atoms with E-state index in [1.165, 1.54) is 0 Å². The van der Waals surface area contributed by atoms with Crippen molar-refractivity contribution in [1.29, 1.82) is 0 Å². The number of carbonyl (C=O) groups is 2. The average Bonchev–Trinajstić information content (AvgIpc) is 2.47. The SMILES string of the molecule is O=C(O)CNc1cccc(C(=O)Cc2ccccc2)c1Cl. The van der Waals surface area contributed by atoms with E-state index in [4.69, 9.17) is 16.7 Å². The van der Waals surface area contributed by atoms with Crippen LogP contribution in [-0.2, 0) is 11.2 Å². The maximum atomic E-state index is 12.3. The van der Waals surface area contributed by atoms with E-state index < -0.39 is 5.97 Å². The zero-order chi connectivity index (χ0) is 15.2. The molecule has 0 spiro atoms. The van der Waals surface area contributed by atoms with Gasteiger partial charge in [-0.25, -0.2) is 0 Å². The lowest BCUT2D eigenvalue weighted by atomic mass is 10.0. The van der Waals surface area contributed by atoms with Gasteiger partial charge in [-0.2, -0.15) is 0 Å². The Morgan fingerprint density at radius 2 is 1.76 bits per heavy atom. The summed E-state index contributed by atoms with van der Waals surface area (Å²) in [5.41, 5.74) is 1.73. The molecule has 0 amide bonds. The average molecular weight is 304 g/mol. The van der Waals surface area contributed by atoms with Crippen LogP contribution in [0.15, 0.2) is 48.5 Å². The van der Waals surface area contributed by atoms with Gasteiger partial charge in [0.15, 0.2) is 5.78 Å². The first-order valence-electron chi connectivity index (χ1n) is 6.39.